The van der Waals surface area contributed by atoms with Crippen LogP contribution in [0, 0.1) is 0 Å². The summed E-state index contributed by atoms with van der Waals surface area (Å²) in [5, 5.41) is 0. The molecule has 0 atom stereocenters. The third-order valence-corrected chi connectivity index (χ3v) is 1.37. The molecule has 0 spiro atoms. The Kier molecular flexibility index (Phi) is 21.4. The molecule has 0 aliphatic heterocycles. The minimum atomic E-state index is 0. The molecular formula is C8H12Cl2Ru. The van der Waals surface area contributed by atoms with Gasteiger partial charge >= 0.3 is 19.5 Å². The van der Waals surface area contributed by atoms with Crippen molar-refractivity contribution < 1.29 is 44.3 Å². The first-order valence-corrected chi connectivity index (χ1v) is 3.32. The monoisotopic (exact) mass is 280 g/mol. The molecule has 0 fully saturated rings. The molecule has 11 heavy (non-hydrogen) atoms. The first-order valence-electron chi connectivity index (χ1n) is 3.32. The second-order valence-corrected chi connectivity index (χ2v) is 2.14. The number of hydrogen-bond acceptors (Lipinski definition) is 0. The molecule has 0 aromatic heterocycles. The van der Waals surface area contributed by atoms with Crippen molar-refractivity contribution in [3.63, 3.8) is 0 Å². The van der Waals surface area contributed by atoms with Crippen LogP contribution in [0.3, 0.4) is 0 Å². The van der Waals surface area contributed by atoms with Gasteiger partial charge < -0.3 is 24.8 Å². The fraction of sp³-hybridized carbons (Fsp3) is 0.500. The maximum atomic E-state index is 2.23. The summed E-state index contributed by atoms with van der Waals surface area (Å²) in [7, 11) is 0. The van der Waals surface area contributed by atoms with Gasteiger partial charge in [-0.25, -0.2) is 0 Å². The zero-order chi connectivity index (χ0) is 5.66. The summed E-state index contributed by atoms with van der Waals surface area (Å²) in [6.07, 6.45) is 14.0. The Balaban J connectivity index is -0.000000213. The van der Waals surface area contributed by atoms with Crippen LogP contribution in [0.1, 0.15) is 25.7 Å². The van der Waals surface area contributed by atoms with E-state index in [0.717, 1.165) is 0 Å². The maximum absolute atomic E-state index is 2.23. The minimum absolute atomic E-state index is 0. The van der Waals surface area contributed by atoms with Gasteiger partial charge in [0, 0.05) is 0 Å². The van der Waals surface area contributed by atoms with E-state index in [1.165, 1.54) is 25.7 Å². The Morgan fingerprint density at radius 2 is 1.09 bits per heavy atom. The predicted molar refractivity (Wildman–Crippen MR) is 36.7 cm³/mol. The van der Waals surface area contributed by atoms with Crippen molar-refractivity contribution >= 4 is 0 Å². The van der Waals surface area contributed by atoms with Crippen LogP contribution in [0.4, 0.5) is 0 Å². The van der Waals surface area contributed by atoms with Crippen LogP contribution in [0.2, 0.25) is 0 Å². The Morgan fingerprint density at radius 1 is 0.727 bits per heavy atom. The standard InChI is InChI=1S/C8H12.2ClH.Ru/c1-2-4-6-8-7-5-3-1;;;/h1-4H,5-8H2;2*1H;/q;;;+2/p-2/b3-1-,4-2-;;;. The SMILES string of the molecule is C1=C\CCCC\C=C/1.[Cl-].[Cl-].[Ru+2]. The Hall–Kier alpha value is 0.683. The van der Waals surface area contributed by atoms with Crippen molar-refractivity contribution in [1.82, 2.24) is 0 Å². The van der Waals surface area contributed by atoms with E-state index in [1.807, 2.05) is 0 Å². The van der Waals surface area contributed by atoms with E-state index >= 15 is 0 Å². The van der Waals surface area contributed by atoms with E-state index in [1.54, 1.807) is 0 Å². The van der Waals surface area contributed by atoms with Gasteiger partial charge in [0.2, 0.25) is 0 Å². The summed E-state index contributed by atoms with van der Waals surface area (Å²) in [5.74, 6) is 0. The van der Waals surface area contributed by atoms with Gasteiger partial charge in [0.25, 0.3) is 0 Å². The molecule has 0 bridgehead atoms. The molecule has 0 saturated carbocycles. The molecule has 1 rings (SSSR count). The van der Waals surface area contributed by atoms with Crippen molar-refractivity contribution in [2.75, 3.05) is 0 Å². The summed E-state index contributed by atoms with van der Waals surface area (Å²) in [6.45, 7) is 0. The van der Waals surface area contributed by atoms with E-state index in [0.29, 0.717) is 0 Å². The third-order valence-electron chi connectivity index (χ3n) is 1.37. The molecule has 1 aliphatic rings. The second kappa shape index (κ2) is 13.3. The van der Waals surface area contributed by atoms with Crippen molar-refractivity contribution in [2.24, 2.45) is 0 Å². The molecule has 0 aromatic rings. The van der Waals surface area contributed by atoms with Gasteiger partial charge in [-0.05, 0) is 25.7 Å². The number of rotatable bonds is 0. The fourth-order valence-electron chi connectivity index (χ4n) is 0.874. The van der Waals surface area contributed by atoms with Crippen molar-refractivity contribution in [3.05, 3.63) is 24.3 Å². The van der Waals surface area contributed by atoms with Gasteiger partial charge in [0.15, 0.2) is 0 Å². The van der Waals surface area contributed by atoms with Crippen molar-refractivity contribution in [3.8, 4) is 0 Å². The maximum Gasteiger partial charge on any atom is 2.00 e. The first-order chi connectivity index (χ1) is 4.00. The summed E-state index contributed by atoms with van der Waals surface area (Å²) in [4.78, 5) is 0. The molecule has 0 aromatic carbocycles. The second-order valence-electron chi connectivity index (χ2n) is 2.14. The molecule has 3 heteroatoms. The summed E-state index contributed by atoms with van der Waals surface area (Å²) < 4.78 is 0. The van der Waals surface area contributed by atoms with Crippen LogP contribution < -0.4 is 24.8 Å². The average Bonchev–Trinajstić information content (AvgIpc) is 1.62. The predicted octanol–water partition coefficient (Wildman–Crippen LogP) is -3.32. The molecule has 0 radical (unpaired) electrons. The van der Waals surface area contributed by atoms with Crippen LogP contribution in [-0.2, 0) is 19.5 Å². The van der Waals surface area contributed by atoms with E-state index in [-0.39, 0.29) is 44.3 Å². The van der Waals surface area contributed by atoms with E-state index < -0.39 is 0 Å². The molecule has 1 aliphatic carbocycles. The van der Waals surface area contributed by atoms with E-state index in [9.17, 15) is 0 Å². The van der Waals surface area contributed by atoms with Crippen LogP contribution >= 0.6 is 0 Å². The van der Waals surface area contributed by atoms with Gasteiger partial charge in [-0.1, -0.05) is 24.3 Å². The van der Waals surface area contributed by atoms with Gasteiger partial charge in [-0.15, -0.1) is 0 Å². The Labute approximate surface area is 94.1 Å². The molecule has 0 unspecified atom stereocenters. The average molecular weight is 280 g/mol. The largest absolute Gasteiger partial charge is 2.00 e. The summed E-state index contributed by atoms with van der Waals surface area (Å²) >= 11 is 0. The van der Waals surface area contributed by atoms with Crippen LogP contribution in [0.5, 0.6) is 0 Å². The quantitative estimate of drug-likeness (QED) is 0.407. The Bertz CT molecular complexity index is 96.7. The van der Waals surface area contributed by atoms with E-state index in [4.69, 9.17) is 0 Å². The number of allylic oxidation sites excluding steroid dienone is 4. The fourth-order valence-corrected chi connectivity index (χ4v) is 0.874. The normalized spacial score (nSPS) is 20.4. The minimum Gasteiger partial charge on any atom is -1.00 e. The molecule has 66 valence electrons. The molecule has 0 nitrogen and oxygen atoms in total. The third kappa shape index (κ3) is 10.7. The smallest absolute Gasteiger partial charge is 1.00 e. The summed E-state index contributed by atoms with van der Waals surface area (Å²) in [6, 6.07) is 0. The van der Waals surface area contributed by atoms with Crippen LogP contribution in [-0.4, -0.2) is 0 Å². The number of hydrogen-bond donors (Lipinski definition) is 0. The summed E-state index contributed by atoms with van der Waals surface area (Å²) in [5.41, 5.74) is 0. The molecular weight excluding hydrogens is 268 g/mol. The van der Waals surface area contributed by atoms with Gasteiger partial charge in [0.1, 0.15) is 0 Å². The molecule has 0 amide bonds. The zero-order valence-corrected chi connectivity index (χ0v) is 9.50. The molecule has 0 N–H and O–H groups in total. The zero-order valence-electron chi connectivity index (χ0n) is 6.25. The number of halogens is 2. The van der Waals surface area contributed by atoms with Gasteiger partial charge in [-0.3, -0.25) is 0 Å². The van der Waals surface area contributed by atoms with Gasteiger partial charge in [0.05, 0.1) is 0 Å². The van der Waals surface area contributed by atoms with Crippen LogP contribution in [0.25, 0.3) is 0 Å². The van der Waals surface area contributed by atoms with Crippen molar-refractivity contribution in [1.29, 1.82) is 0 Å². The Morgan fingerprint density at radius 3 is 1.45 bits per heavy atom. The van der Waals surface area contributed by atoms with Crippen molar-refractivity contribution in [2.45, 2.75) is 25.7 Å². The van der Waals surface area contributed by atoms with E-state index in [2.05, 4.69) is 24.3 Å². The van der Waals surface area contributed by atoms with Gasteiger partial charge in [-0.2, -0.15) is 0 Å². The molecule has 0 saturated heterocycles. The first kappa shape index (κ1) is 17.7. The topological polar surface area (TPSA) is 0 Å². The molecule has 0 heterocycles. The van der Waals surface area contributed by atoms with Crippen LogP contribution in [0.15, 0.2) is 24.3 Å².